The SMILES string of the molecule is NCc1cccc(-c2nc(-c3ncc(Br)cc3Br)no2)c1. The van der Waals surface area contributed by atoms with E-state index in [1.54, 1.807) is 6.20 Å². The Balaban J connectivity index is 1.99. The molecule has 5 nitrogen and oxygen atoms in total. The third-order valence-corrected chi connectivity index (χ3v) is 3.89. The monoisotopic (exact) mass is 408 g/mol. The lowest BCUT2D eigenvalue weighted by molar-refractivity contribution is 0.432. The lowest BCUT2D eigenvalue weighted by atomic mass is 10.1. The fourth-order valence-corrected chi connectivity index (χ4v) is 3.01. The van der Waals surface area contributed by atoms with Gasteiger partial charge in [-0.2, -0.15) is 4.98 Å². The molecule has 0 amide bonds. The molecule has 3 rings (SSSR count). The molecule has 0 saturated carbocycles. The van der Waals surface area contributed by atoms with Gasteiger partial charge in [0, 0.05) is 27.3 Å². The Morgan fingerprint density at radius 1 is 1.19 bits per heavy atom. The smallest absolute Gasteiger partial charge is 0.258 e. The van der Waals surface area contributed by atoms with Gasteiger partial charge in [-0.3, -0.25) is 4.98 Å². The van der Waals surface area contributed by atoms with E-state index in [0.717, 1.165) is 20.1 Å². The molecule has 0 aliphatic heterocycles. The van der Waals surface area contributed by atoms with Crippen molar-refractivity contribution in [1.82, 2.24) is 15.1 Å². The topological polar surface area (TPSA) is 77.8 Å². The quantitative estimate of drug-likeness (QED) is 0.712. The number of benzene rings is 1. The van der Waals surface area contributed by atoms with E-state index in [9.17, 15) is 0 Å². The van der Waals surface area contributed by atoms with Crippen molar-refractivity contribution in [1.29, 1.82) is 0 Å². The lowest BCUT2D eigenvalue weighted by Crippen LogP contribution is -1.95. The van der Waals surface area contributed by atoms with E-state index in [1.807, 2.05) is 30.3 Å². The van der Waals surface area contributed by atoms with Crippen LogP contribution in [0.15, 0.2) is 50.0 Å². The molecule has 2 N–H and O–H groups in total. The van der Waals surface area contributed by atoms with Gasteiger partial charge >= 0.3 is 0 Å². The predicted octanol–water partition coefficient (Wildman–Crippen LogP) is 3.78. The van der Waals surface area contributed by atoms with Gasteiger partial charge in [0.2, 0.25) is 5.82 Å². The second kappa shape index (κ2) is 6.05. The minimum absolute atomic E-state index is 0.433. The molecule has 7 heteroatoms. The summed E-state index contributed by atoms with van der Waals surface area (Å²) >= 11 is 6.80. The molecule has 1 aromatic carbocycles. The van der Waals surface area contributed by atoms with Crippen LogP contribution in [-0.2, 0) is 6.54 Å². The maximum atomic E-state index is 5.64. The number of nitrogens with two attached hydrogens (primary N) is 1. The van der Waals surface area contributed by atoms with E-state index in [0.29, 0.717) is 24.0 Å². The van der Waals surface area contributed by atoms with Crippen molar-refractivity contribution in [3.63, 3.8) is 0 Å². The van der Waals surface area contributed by atoms with E-state index in [2.05, 4.69) is 47.0 Å². The van der Waals surface area contributed by atoms with E-state index in [4.69, 9.17) is 10.3 Å². The van der Waals surface area contributed by atoms with Crippen LogP contribution in [0.3, 0.4) is 0 Å². The zero-order valence-corrected chi connectivity index (χ0v) is 13.9. The average molecular weight is 410 g/mol. The van der Waals surface area contributed by atoms with Crippen LogP contribution in [0.1, 0.15) is 5.56 Å². The van der Waals surface area contributed by atoms with Gasteiger partial charge in [0.1, 0.15) is 5.69 Å². The molecular formula is C14H10Br2N4O. The van der Waals surface area contributed by atoms with Gasteiger partial charge in [-0.15, -0.1) is 0 Å². The van der Waals surface area contributed by atoms with Gasteiger partial charge in [0.25, 0.3) is 5.89 Å². The molecule has 3 aromatic rings. The predicted molar refractivity (Wildman–Crippen MR) is 86.3 cm³/mol. The minimum atomic E-state index is 0.433. The fraction of sp³-hybridized carbons (Fsp3) is 0.0714. The Bertz CT molecular complexity index is 788. The summed E-state index contributed by atoms with van der Waals surface area (Å²) in [6, 6.07) is 9.58. The first-order valence-corrected chi connectivity index (χ1v) is 7.70. The number of rotatable bonds is 3. The maximum Gasteiger partial charge on any atom is 0.258 e. The molecule has 21 heavy (non-hydrogen) atoms. The van der Waals surface area contributed by atoms with Crippen molar-refractivity contribution in [2.45, 2.75) is 6.54 Å². The summed E-state index contributed by atoms with van der Waals surface area (Å²) in [5.41, 5.74) is 8.12. The van der Waals surface area contributed by atoms with Crippen LogP contribution in [-0.4, -0.2) is 15.1 Å². The Hall–Kier alpha value is -1.57. The van der Waals surface area contributed by atoms with Gasteiger partial charge < -0.3 is 10.3 Å². The number of hydrogen-bond donors (Lipinski definition) is 1. The molecule has 0 radical (unpaired) electrons. The van der Waals surface area contributed by atoms with E-state index in [-0.39, 0.29) is 0 Å². The normalized spacial score (nSPS) is 10.8. The van der Waals surface area contributed by atoms with Crippen LogP contribution in [0.2, 0.25) is 0 Å². The zero-order chi connectivity index (χ0) is 14.8. The highest BCUT2D eigenvalue weighted by Crippen LogP contribution is 2.28. The highest BCUT2D eigenvalue weighted by Gasteiger charge is 2.14. The molecule has 106 valence electrons. The maximum absolute atomic E-state index is 5.64. The van der Waals surface area contributed by atoms with Crippen LogP contribution < -0.4 is 5.73 Å². The summed E-state index contributed by atoms with van der Waals surface area (Å²) in [6.07, 6.45) is 1.69. The summed E-state index contributed by atoms with van der Waals surface area (Å²) in [7, 11) is 0. The van der Waals surface area contributed by atoms with Crippen molar-refractivity contribution in [2.24, 2.45) is 5.73 Å². The second-order valence-corrected chi connectivity index (χ2v) is 6.08. The van der Waals surface area contributed by atoms with Crippen LogP contribution in [0.5, 0.6) is 0 Å². The van der Waals surface area contributed by atoms with Crippen molar-refractivity contribution < 1.29 is 4.52 Å². The Morgan fingerprint density at radius 3 is 2.81 bits per heavy atom. The summed E-state index contributed by atoms with van der Waals surface area (Å²) in [5, 5.41) is 3.98. The first kappa shape index (κ1) is 14.4. The molecule has 0 aliphatic carbocycles. The highest BCUT2D eigenvalue weighted by atomic mass is 79.9. The van der Waals surface area contributed by atoms with Gasteiger partial charge in [-0.05, 0) is 55.6 Å². The van der Waals surface area contributed by atoms with Gasteiger partial charge in [-0.25, -0.2) is 0 Å². The number of aromatic nitrogens is 3. The standard InChI is InChI=1S/C14H10Br2N4O/c15-10-5-11(16)12(18-7-10)13-19-14(21-20-13)9-3-1-2-8(4-9)6-17/h1-5,7H,6,17H2. The van der Waals surface area contributed by atoms with E-state index < -0.39 is 0 Å². The van der Waals surface area contributed by atoms with Gasteiger partial charge in [0.15, 0.2) is 0 Å². The zero-order valence-electron chi connectivity index (χ0n) is 10.8. The molecule has 0 unspecified atom stereocenters. The van der Waals surface area contributed by atoms with E-state index in [1.165, 1.54) is 0 Å². The second-order valence-electron chi connectivity index (χ2n) is 4.31. The van der Waals surface area contributed by atoms with Gasteiger partial charge in [-0.1, -0.05) is 17.3 Å². The molecular weight excluding hydrogens is 400 g/mol. The van der Waals surface area contributed by atoms with Crippen molar-refractivity contribution in [3.8, 4) is 23.0 Å². The number of pyridine rings is 1. The average Bonchev–Trinajstić information content (AvgIpc) is 2.97. The van der Waals surface area contributed by atoms with Crippen LogP contribution in [0.25, 0.3) is 23.0 Å². The summed E-state index contributed by atoms with van der Waals surface area (Å²) < 4.78 is 6.98. The summed E-state index contributed by atoms with van der Waals surface area (Å²) in [4.78, 5) is 8.68. The van der Waals surface area contributed by atoms with Crippen molar-refractivity contribution in [2.75, 3.05) is 0 Å². The number of nitrogens with zero attached hydrogens (tertiary/aromatic N) is 3. The lowest BCUT2D eigenvalue weighted by Gasteiger charge is -1.99. The van der Waals surface area contributed by atoms with Crippen LogP contribution >= 0.6 is 31.9 Å². The third kappa shape index (κ3) is 3.04. The van der Waals surface area contributed by atoms with Crippen molar-refractivity contribution >= 4 is 31.9 Å². The molecule has 0 atom stereocenters. The van der Waals surface area contributed by atoms with Gasteiger partial charge in [0.05, 0.1) is 0 Å². The molecule has 0 spiro atoms. The largest absolute Gasteiger partial charge is 0.334 e. The first-order valence-electron chi connectivity index (χ1n) is 6.12. The first-order chi connectivity index (χ1) is 10.2. The summed E-state index contributed by atoms with van der Waals surface area (Å²) in [6.45, 7) is 0.467. The molecule has 0 saturated heterocycles. The minimum Gasteiger partial charge on any atom is -0.334 e. The molecule has 0 bridgehead atoms. The van der Waals surface area contributed by atoms with E-state index >= 15 is 0 Å². The highest BCUT2D eigenvalue weighted by molar-refractivity contribution is 9.11. The molecule has 0 aliphatic rings. The third-order valence-electron chi connectivity index (χ3n) is 2.86. The Labute approximate surface area is 137 Å². The van der Waals surface area contributed by atoms with Crippen molar-refractivity contribution in [3.05, 3.63) is 51.0 Å². The Morgan fingerprint density at radius 2 is 2.05 bits per heavy atom. The number of hydrogen-bond acceptors (Lipinski definition) is 5. The molecule has 2 heterocycles. The summed E-state index contributed by atoms with van der Waals surface area (Å²) in [5.74, 6) is 0.874. The Kier molecular flexibility index (Phi) is 4.14. The van der Waals surface area contributed by atoms with Crippen LogP contribution in [0, 0.1) is 0 Å². The molecule has 2 aromatic heterocycles. The number of halogens is 2. The fourth-order valence-electron chi connectivity index (χ4n) is 1.85. The molecule has 0 fully saturated rings. The van der Waals surface area contributed by atoms with Crippen LogP contribution in [0.4, 0.5) is 0 Å².